The van der Waals surface area contributed by atoms with Crippen molar-refractivity contribution in [2.75, 3.05) is 0 Å². The SMILES string of the molecule is C[C](C)=[Zr]([C]1=CC=CC1)([CH]1c2ccccc2-c2c1c1ccccc1n2-c1ccccc1)[CH]1c2ccccc2-c2c1c1ccccc1n2-c1ccccc1.Cl.Cl. The molecule has 0 amide bonds. The number of hydrogen-bond acceptors (Lipinski definition) is 0. The molecule has 2 nitrogen and oxygen atoms in total. The van der Waals surface area contributed by atoms with Crippen LogP contribution in [-0.2, 0) is 19.8 Å². The van der Waals surface area contributed by atoms with E-state index in [1.807, 2.05) is 0 Å². The maximum atomic E-state index is 2.57. The first-order valence-electron chi connectivity index (χ1n) is 18.9. The van der Waals surface area contributed by atoms with Gasteiger partial charge in [-0.25, -0.2) is 0 Å². The van der Waals surface area contributed by atoms with Crippen molar-refractivity contribution in [3.05, 3.63) is 201 Å². The number of fused-ring (bicyclic) bond motifs is 10. The Morgan fingerprint density at radius 2 is 0.927 bits per heavy atom. The van der Waals surface area contributed by atoms with Crippen LogP contribution in [0.15, 0.2) is 179 Å². The van der Waals surface area contributed by atoms with Crippen molar-refractivity contribution in [2.45, 2.75) is 27.5 Å². The summed E-state index contributed by atoms with van der Waals surface area (Å²) in [6, 6.07) is 59.4. The van der Waals surface area contributed by atoms with Gasteiger partial charge in [-0.3, -0.25) is 0 Å². The summed E-state index contributed by atoms with van der Waals surface area (Å²) in [4.78, 5) is 0. The molecule has 0 bridgehead atoms. The van der Waals surface area contributed by atoms with Crippen molar-refractivity contribution in [2.24, 2.45) is 0 Å². The molecule has 0 N–H and O–H groups in total. The first-order valence-corrected chi connectivity index (χ1v) is 24.2. The second-order valence-corrected chi connectivity index (χ2v) is 26.3. The molecule has 0 saturated carbocycles. The molecule has 0 aliphatic heterocycles. The van der Waals surface area contributed by atoms with E-state index in [0.717, 1.165) is 6.42 Å². The molecule has 0 radical (unpaired) electrons. The van der Waals surface area contributed by atoms with E-state index < -0.39 is 19.8 Å². The normalized spacial score (nSPS) is 17.1. The summed E-state index contributed by atoms with van der Waals surface area (Å²) < 4.78 is 9.06. The van der Waals surface area contributed by atoms with Gasteiger partial charge in [0.1, 0.15) is 0 Å². The third-order valence-corrected chi connectivity index (χ3v) is 27.5. The number of benzene rings is 6. The van der Waals surface area contributed by atoms with Crippen molar-refractivity contribution in [1.82, 2.24) is 9.13 Å². The molecule has 2 unspecified atom stereocenters. The van der Waals surface area contributed by atoms with Crippen LogP contribution >= 0.6 is 24.8 Å². The van der Waals surface area contributed by atoms with Crippen molar-refractivity contribution in [1.29, 1.82) is 0 Å². The Kier molecular flexibility index (Phi) is 8.97. The molecule has 0 fully saturated rings. The van der Waals surface area contributed by atoms with Crippen molar-refractivity contribution >= 4 is 49.8 Å². The number of allylic oxidation sites excluding steroid dienone is 4. The monoisotopic (exact) mass is 829 g/mol. The predicted molar refractivity (Wildman–Crippen MR) is 234 cm³/mol. The van der Waals surface area contributed by atoms with Crippen LogP contribution in [0.2, 0.25) is 0 Å². The van der Waals surface area contributed by atoms with Crippen LogP contribution in [0.4, 0.5) is 0 Å². The van der Waals surface area contributed by atoms with Crippen molar-refractivity contribution in [3.63, 3.8) is 0 Å². The molecular weight excluding hydrogens is 791 g/mol. The van der Waals surface area contributed by atoms with Gasteiger partial charge >= 0.3 is 317 Å². The molecule has 0 spiro atoms. The minimum absolute atomic E-state index is 0. The number of halogens is 2. The second kappa shape index (κ2) is 13.7. The molecule has 55 heavy (non-hydrogen) atoms. The van der Waals surface area contributed by atoms with Gasteiger partial charge in [0.25, 0.3) is 0 Å². The molecule has 11 rings (SSSR count). The van der Waals surface area contributed by atoms with E-state index in [9.17, 15) is 0 Å². The molecule has 269 valence electrons. The first-order chi connectivity index (χ1) is 26.2. The Bertz CT molecular complexity index is 2730. The Hall–Kier alpha value is -4.79. The maximum absolute atomic E-state index is 4.04. The van der Waals surface area contributed by atoms with Crippen LogP contribution in [0.1, 0.15) is 49.8 Å². The smallest absolute Gasteiger partial charge is 0.147 e. The van der Waals surface area contributed by atoms with Crippen LogP contribution < -0.4 is 0 Å². The number of nitrogens with zero attached hydrogens (tertiary/aromatic N) is 2. The van der Waals surface area contributed by atoms with E-state index in [1.54, 1.807) is 6.49 Å². The summed E-state index contributed by atoms with van der Waals surface area (Å²) in [6.45, 7) is 5.03. The topological polar surface area (TPSA) is 9.86 Å². The summed E-state index contributed by atoms with van der Waals surface area (Å²) in [7, 11) is 0. The van der Waals surface area contributed by atoms with E-state index in [4.69, 9.17) is 0 Å². The Morgan fingerprint density at radius 3 is 1.36 bits per heavy atom. The van der Waals surface area contributed by atoms with Gasteiger partial charge in [0, 0.05) is 0 Å². The van der Waals surface area contributed by atoms with Crippen LogP contribution in [0.5, 0.6) is 0 Å². The van der Waals surface area contributed by atoms with E-state index in [0.29, 0.717) is 0 Å². The Labute approximate surface area is 339 Å². The predicted octanol–water partition coefficient (Wildman–Crippen LogP) is 13.5. The second-order valence-electron chi connectivity index (χ2n) is 15.1. The number of aromatic nitrogens is 2. The molecule has 2 heterocycles. The first kappa shape index (κ1) is 35.9. The fourth-order valence-corrected chi connectivity index (χ4v) is 27.1. The molecule has 0 saturated heterocycles. The molecular formula is C50H41Cl2N2Zr. The average Bonchev–Trinajstić information content (AvgIpc) is 4.04. The quantitative estimate of drug-likeness (QED) is 0.164. The van der Waals surface area contributed by atoms with Gasteiger partial charge < -0.3 is 0 Å². The van der Waals surface area contributed by atoms with Gasteiger partial charge in [-0.15, -0.1) is 24.8 Å². The van der Waals surface area contributed by atoms with E-state index in [-0.39, 0.29) is 32.1 Å². The number of para-hydroxylation sites is 4. The van der Waals surface area contributed by atoms with E-state index in [2.05, 4.69) is 199 Å². The Morgan fingerprint density at radius 1 is 0.509 bits per heavy atom. The van der Waals surface area contributed by atoms with E-state index in [1.165, 1.54) is 77.9 Å². The van der Waals surface area contributed by atoms with Crippen molar-refractivity contribution in [3.8, 4) is 33.9 Å². The fraction of sp³-hybridized carbons (Fsp3) is 0.100. The van der Waals surface area contributed by atoms with Crippen molar-refractivity contribution < 1.29 is 19.8 Å². The number of hydrogen-bond donors (Lipinski definition) is 0. The van der Waals surface area contributed by atoms with Crippen LogP contribution in [0, 0.1) is 0 Å². The third-order valence-electron chi connectivity index (χ3n) is 12.5. The van der Waals surface area contributed by atoms with Gasteiger partial charge in [0.15, 0.2) is 0 Å². The summed E-state index contributed by atoms with van der Waals surface area (Å²) >= 11 is -4.04. The Balaban J connectivity index is 0.00000198. The van der Waals surface area contributed by atoms with Gasteiger partial charge in [-0.2, -0.15) is 0 Å². The summed E-state index contributed by atoms with van der Waals surface area (Å²) in [5.41, 5.74) is 16.7. The molecule has 2 atom stereocenters. The molecule has 8 aromatic rings. The number of rotatable bonds is 5. The third kappa shape index (κ3) is 4.86. The largest absolute Gasteiger partial charge is 0.147 e. The molecule has 5 heteroatoms. The minimum Gasteiger partial charge on any atom is -0.147 e. The molecule has 2 aromatic heterocycles. The van der Waals surface area contributed by atoms with Gasteiger partial charge in [-0.1, -0.05) is 0 Å². The fourth-order valence-electron chi connectivity index (χ4n) is 10.7. The van der Waals surface area contributed by atoms with Gasteiger partial charge in [0.05, 0.1) is 0 Å². The zero-order chi connectivity index (χ0) is 35.3. The standard InChI is InChI=1S/2C21H14N.C5H5.C3H6.2ClH.Zr/c2*1-2-9-16(10-3-1)22-20-13-7-6-12-18(20)19-14-15-8-4-5-11-17(15)21(19)22;1-2-4-5-3-1;1-3-2;;;/h2*1-14H;1-3H,4H2;1-2H3;2*1H;. The van der Waals surface area contributed by atoms with Crippen LogP contribution in [0.25, 0.3) is 55.7 Å². The van der Waals surface area contributed by atoms with Crippen LogP contribution in [0.3, 0.4) is 0 Å². The average molecular weight is 832 g/mol. The zero-order valence-corrected chi connectivity index (χ0v) is 34.9. The van der Waals surface area contributed by atoms with Gasteiger partial charge in [-0.05, 0) is 0 Å². The van der Waals surface area contributed by atoms with Crippen LogP contribution in [-0.4, -0.2) is 12.3 Å². The minimum atomic E-state index is -4.04. The summed E-state index contributed by atoms with van der Waals surface area (Å²) in [5, 5.41) is 2.78. The molecule has 3 aliphatic carbocycles. The molecule has 6 aromatic carbocycles. The summed E-state index contributed by atoms with van der Waals surface area (Å²) in [6.07, 6.45) is 8.36. The maximum Gasteiger partial charge on any atom is -0.147 e. The van der Waals surface area contributed by atoms with E-state index >= 15 is 0 Å². The summed E-state index contributed by atoms with van der Waals surface area (Å²) in [5.74, 6) is 0. The van der Waals surface area contributed by atoms with Gasteiger partial charge in [0.2, 0.25) is 0 Å². The molecule has 3 aliphatic rings. The zero-order valence-electron chi connectivity index (χ0n) is 30.8.